The molecule has 0 spiro atoms. The predicted octanol–water partition coefficient (Wildman–Crippen LogP) is 3.47. The van der Waals surface area contributed by atoms with E-state index in [0.29, 0.717) is 33.4 Å². The van der Waals surface area contributed by atoms with Gasteiger partial charge in [-0.1, -0.05) is 24.3 Å². The minimum Gasteiger partial charge on any atom is -0.261 e. The maximum atomic E-state index is 14.8. The molecule has 1 N–H and O–H groups in total. The van der Waals surface area contributed by atoms with E-state index < -0.39 is 11.7 Å². The SMILES string of the molecule is [C-]#[N+]c1cccc(C#N)c1Cn1nc(C)c2ccc(C(F)(F)c3nn[nH]n3)cc21. The topological polar surface area (TPSA) is 100 Å². The quantitative estimate of drug-likeness (QED) is 0.538. The number of tetrazole rings is 1. The van der Waals surface area contributed by atoms with E-state index in [9.17, 15) is 14.0 Å². The highest BCUT2D eigenvalue weighted by Crippen LogP contribution is 2.35. The van der Waals surface area contributed by atoms with Crippen molar-refractivity contribution in [1.82, 2.24) is 30.4 Å². The second-order valence-corrected chi connectivity index (χ2v) is 6.31. The van der Waals surface area contributed by atoms with Crippen molar-refractivity contribution >= 4 is 16.6 Å². The Hall–Kier alpha value is -4.18. The molecule has 29 heavy (non-hydrogen) atoms. The second-order valence-electron chi connectivity index (χ2n) is 6.31. The molecule has 0 aliphatic rings. The lowest BCUT2D eigenvalue weighted by Crippen LogP contribution is -2.17. The Bertz CT molecular complexity index is 1260. The smallest absolute Gasteiger partial charge is 0.261 e. The molecule has 0 radical (unpaired) electrons. The van der Waals surface area contributed by atoms with Crippen LogP contribution in [0.25, 0.3) is 15.7 Å². The van der Waals surface area contributed by atoms with Gasteiger partial charge in [0.2, 0.25) is 5.82 Å². The first-order chi connectivity index (χ1) is 14.0. The summed E-state index contributed by atoms with van der Waals surface area (Å²) in [5, 5.41) is 26.5. The van der Waals surface area contributed by atoms with Gasteiger partial charge in [0.15, 0.2) is 5.69 Å². The highest BCUT2D eigenvalue weighted by atomic mass is 19.3. The molecule has 10 heteroatoms. The molecule has 0 saturated heterocycles. The Labute approximate surface area is 163 Å². The summed E-state index contributed by atoms with van der Waals surface area (Å²) in [4.78, 5) is 3.46. The summed E-state index contributed by atoms with van der Waals surface area (Å²) in [5.41, 5.74) is 1.93. The van der Waals surface area contributed by atoms with E-state index in [1.54, 1.807) is 31.2 Å². The molecule has 2 aromatic heterocycles. The molecule has 0 bridgehead atoms. The van der Waals surface area contributed by atoms with Gasteiger partial charge < -0.3 is 0 Å². The van der Waals surface area contributed by atoms with Crippen LogP contribution in [0.1, 0.15) is 28.2 Å². The summed E-state index contributed by atoms with van der Waals surface area (Å²) in [6.45, 7) is 9.22. The first kappa shape index (κ1) is 18.2. The van der Waals surface area contributed by atoms with Crippen LogP contribution in [0.3, 0.4) is 0 Å². The first-order valence-electron chi connectivity index (χ1n) is 8.44. The fraction of sp³-hybridized carbons (Fsp3) is 0.158. The monoisotopic (exact) mass is 390 g/mol. The number of aromatic amines is 1. The molecule has 0 aliphatic carbocycles. The molecule has 2 aromatic carbocycles. The maximum absolute atomic E-state index is 14.8. The fourth-order valence-corrected chi connectivity index (χ4v) is 3.18. The van der Waals surface area contributed by atoms with Gasteiger partial charge in [-0.05, 0) is 29.8 Å². The highest BCUT2D eigenvalue weighted by molar-refractivity contribution is 5.83. The van der Waals surface area contributed by atoms with Crippen LogP contribution in [-0.2, 0) is 12.5 Å². The highest BCUT2D eigenvalue weighted by Gasteiger charge is 2.39. The molecular formula is C19H12F2N8. The number of alkyl halides is 2. The van der Waals surface area contributed by atoms with Gasteiger partial charge in [-0.3, -0.25) is 4.68 Å². The number of H-pyrrole nitrogens is 1. The van der Waals surface area contributed by atoms with E-state index in [1.807, 2.05) is 5.21 Å². The second kappa shape index (κ2) is 6.77. The van der Waals surface area contributed by atoms with Crippen LogP contribution in [0.15, 0.2) is 36.4 Å². The van der Waals surface area contributed by atoms with E-state index in [2.05, 4.69) is 31.4 Å². The van der Waals surface area contributed by atoms with E-state index in [-0.39, 0.29) is 12.1 Å². The van der Waals surface area contributed by atoms with E-state index in [4.69, 9.17) is 6.57 Å². The average molecular weight is 390 g/mol. The van der Waals surface area contributed by atoms with Crippen LogP contribution in [0.5, 0.6) is 0 Å². The average Bonchev–Trinajstić information content (AvgIpc) is 3.37. The summed E-state index contributed by atoms with van der Waals surface area (Å²) >= 11 is 0. The summed E-state index contributed by atoms with van der Waals surface area (Å²) in [5.74, 6) is -4.18. The van der Waals surface area contributed by atoms with Crippen LogP contribution in [0, 0.1) is 24.8 Å². The van der Waals surface area contributed by atoms with Crippen LogP contribution in [0.2, 0.25) is 0 Å². The van der Waals surface area contributed by atoms with Crippen molar-refractivity contribution in [3.63, 3.8) is 0 Å². The third-order valence-electron chi connectivity index (χ3n) is 4.63. The first-order valence-corrected chi connectivity index (χ1v) is 8.44. The van der Waals surface area contributed by atoms with Gasteiger partial charge in [0.25, 0.3) is 0 Å². The molecule has 0 saturated carbocycles. The molecule has 4 rings (SSSR count). The van der Waals surface area contributed by atoms with E-state index in [0.717, 1.165) is 0 Å². The van der Waals surface area contributed by atoms with Gasteiger partial charge in [-0.25, -0.2) is 4.85 Å². The number of nitriles is 1. The lowest BCUT2D eigenvalue weighted by Gasteiger charge is -2.13. The Morgan fingerprint density at radius 2 is 2.14 bits per heavy atom. The molecule has 4 aromatic rings. The van der Waals surface area contributed by atoms with E-state index >= 15 is 0 Å². The summed E-state index contributed by atoms with van der Waals surface area (Å²) in [7, 11) is 0. The number of aryl methyl sites for hydroxylation is 1. The van der Waals surface area contributed by atoms with Gasteiger partial charge in [0, 0.05) is 16.5 Å². The number of aromatic nitrogens is 6. The van der Waals surface area contributed by atoms with Crippen LogP contribution in [-0.4, -0.2) is 30.4 Å². The van der Waals surface area contributed by atoms with Gasteiger partial charge in [0.1, 0.15) is 0 Å². The molecule has 142 valence electrons. The van der Waals surface area contributed by atoms with Crippen molar-refractivity contribution in [2.75, 3.05) is 0 Å². The summed E-state index contributed by atoms with van der Waals surface area (Å²) < 4.78 is 31.0. The minimum absolute atomic E-state index is 0.100. The van der Waals surface area contributed by atoms with Crippen molar-refractivity contribution in [3.8, 4) is 6.07 Å². The molecule has 0 amide bonds. The maximum Gasteiger partial charge on any atom is 0.335 e. The minimum atomic E-state index is -3.45. The lowest BCUT2D eigenvalue weighted by molar-refractivity contribution is 0.0330. The Kier molecular flexibility index (Phi) is 4.24. The Balaban J connectivity index is 1.86. The lowest BCUT2D eigenvalue weighted by atomic mass is 10.0. The molecule has 0 unspecified atom stereocenters. The van der Waals surface area contributed by atoms with Crippen LogP contribution >= 0.6 is 0 Å². The third kappa shape index (κ3) is 2.97. The van der Waals surface area contributed by atoms with Crippen LogP contribution < -0.4 is 0 Å². The van der Waals surface area contributed by atoms with Gasteiger partial charge in [-0.2, -0.15) is 24.4 Å². The third-order valence-corrected chi connectivity index (χ3v) is 4.63. The Morgan fingerprint density at radius 1 is 1.31 bits per heavy atom. The Morgan fingerprint density at radius 3 is 2.83 bits per heavy atom. The van der Waals surface area contributed by atoms with Crippen LogP contribution in [0.4, 0.5) is 14.5 Å². The number of fused-ring (bicyclic) bond motifs is 1. The van der Waals surface area contributed by atoms with Crippen molar-refractivity contribution < 1.29 is 8.78 Å². The number of halogens is 2. The van der Waals surface area contributed by atoms with Gasteiger partial charge >= 0.3 is 5.92 Å². The molecule has 8 nitrogen and oxygen atoms in total. The number of benzene rings is 2. The number of hydrogen-bond donors (Lipinski definition) is 1. The van der Waals surface area contributed by atoms with E-state index in [1.165, 1.54) is 16.8 Å². The van der Waals surface area contributed by atoms with Gasteiger partial charge in [-0.15, -0.1) is 10.2 Å². The summed E-state index contributed by atoms with van der Waals surface area (Å²) in [6.07, 6.45) is 0. The molecule has 2 heterocycles. The number of rotatable bonds is 4. The predicted molar refractivity (Wildman–Crippen MR) is 98.2 cm³/mol. The van der Waals surface area contributed by atoms with Gasteiger partial charge in [0.05, 0.1) is 30.4 Å². The number of nitrogens with zero attached hydrogens (tertiary/aromatic N) is 7. The number of nitrogens with one attached hydrogen (secondary N) is 1. The largest absolute Gasteiger partial charge is 0.335 e. The standard InChI is InChI=1S/C19H12F2N8/c1-11-14-7-6-13(19(20,21)18-24-27-28-25-18)8-17(14)29(26-11)10-15-12(9-22)4-3-5-16(15)23-2/h3-8H,10H2,1H3,(H,24,25,27,28). The normalized spacial score (nSPS) is 11.3. The zero-order chi connectivity index (χ0) is 20.6. The van der Waals surface area contributed by atoms with Crippen molar-refractivity contribution in [1.29, 1.82) is 5.26 Å². The molecule has 0 fully saturated rings. The molecule has 0 atom stereocenters. The molecular weight excluding hydrogens is 378 g/mol. The summed E-state index contributed by atoms with van der Waals surface area (Å²) in [6, 6.07) is 11.1. The zero-order valence-corrected chi connectivity index (χ0v) is 15.1. The zero-order valence-electron chi connectivity index (χ0n) is 15.1. The van der Waals surface area contributed by atoms with Crippen molar-refractivity contribution in [3.05, 3.63) is 76.0 Å². The van der Waals surface area contributed by atoms with Crippen molar-refractivity contribution in [2.24, 2.45) is 0 Å². The number of hydrogen-bond acceptors (Lipinski definition) is 5. The fourth-order valence-electron chi connectivity index (χ4n) is 3.18. The molecule has 0 aliphatic heterocycles. The van der Waals surface area contributed by atoms with Crippen molar-refractivity contribution in [2.45, 2.75) is 19.4 Å².